The number of unbranched alkanes of at least 4 members (excludes halogenated alkanes) is 2. The van der Waals surface area contributed by atoms with E-state index in [0.717, 1.165) is 19.3 Å². The predicted octanol–water partition coefficient (Wildman–Crippen LogP) is 3.46. The van der Waals surface area contributed by atoms with Crippen LogP contribution in [0.4, 0.5) is 4.79 Å². The molecule has 1 aromatic carbocycles. The highest BCUT2D eigenvalue weighted by Gasteiger charge is 2.32. The number of allylic oxidation sites excluding steroid dienone is 1. The lowest BCUT2D eigenvalue weighted by atomic mass is 9.95. The Morgan fingerprint density at radius 3 is 2.63 bits per heavy atom. The number of amides is 2. The number of esters is 1. The van der Waals surface area contributed by atoms with Crippen molar-refractivity contribution in [3.05, 3.63) is 35.0 Å². The van der Waals surface area contributed by atoms with Gasteiger partial charge in [-0.25, -0.2) is 9.59 Å². The summed E-state index contributed by atoms with van der Waals surface area (Å²) in [6, 6.07) is 4.40. The first-order valence-corrected chi connectivity index (χ1v) is 9.27. The molecule has 0 aliphatic carbocycles. The van der Waals surface area contributed by atoms with Crippen molar-refractivity contribution in [1.29, 1.82) is 0 Å². The van der Waals surface area contributed by atoms with Gasteiger partial charge in [0.15, 0.2) is 11.5 Å². The molecule has 0 saturated carbocycles. The maximum Gasteiger partial charge on any atom is 0.338 e. The summed E-state index contributed by atoms with van der Waals surface area (Å²) in [4.78, 5) is 24.3. The van der Waals surface area contributed by atoms with Crippen LogP contribution in [-0.2, 0) is 9.53 Å². The van der Waals surface area contributed by atoms with Crippen LogP contribution in [0.25, 0.3) is 0 Å². The molecule has 0 fully saturated rings. The van der Waals surface area contributed by atoms with Crippen molar-refractivity contribution >= 4 is 12.0 Å². The van der Waals surface area contributed by atoms with E-state index in [-0.39, 0.29) is 12.6 Å². The molecule has 0 radical (unpaired) electrons. The number of carbonyl (C=O) groups is 2. The Bertz CT molecular complexity index is 714. The molecule has 1 heterocycles. The van der Waals surface area contributed by atoms with E-state index in [1.165, 1.54) is 0 Å². The Balaban J connectivity index is 2.30. The average molecular weight is 376 g/mol. The summed E-state index contributed by atoms with van der Waals surface area (Å²) in [5.74, 6) is 0.722. The molecule has 7 nitrogen and oxygen atoms in total. The topological polar surface area (TPSA) is 85.9 Å². The van der Waals surface area contributed by atoms with E-state index in [1.807, 2.05) is 6.07 Å². The van der Waals surface area contributed by atoms with Gasteiger partial charge in [-0.2, -0.15) is 0 Å². The molecule has 0 bridgehead atoms. The number of rotatable bonds is 9. The summed E-state index contributed by atoms with van der Waals surface area (Å²) >= 11 is 0. The monoisotopic (exact) mass is 376 g/mol. The summed E-state index contributed by atoms with van der Waals surface area (Å²) in [5.41, 5.74) is 1.56. The van der Waals surface area contributed by atoms with Crippen LogP contribution >= 0.6 is 0 Å². The van der Waals surface area contributed by atoms with Crippen molar-refractivity contribution in [3.8, 4) is 11.5 Å². The number of carbonyl (C=O) groups excluding carboxylic acids is 2. The van der Waals surface area contributed by atoms with Crippen LogP contribution in [0.3, 0.4) is 0 Å². The van der Waals surface area contributed by atoms with Gasteiger partial charge >= 0.3 is 12.0 Å². The van der Waals surface area contributed by atoms with Gasteiger partial charge in [0.25, 0.3) is 0 Å². The van der Waals surface area contributed by atoms with Crippen molar-refractivity contribution in [2.75, 3.05) is 20.3 Å². The van der Waals surface area contributed by atoms with Crippen LogP contribution in [-0.4, -0.2) is 32.3 Å². The average Bonchev–Trinajstić information content (AvgIpc) is 2.64. The standard InChI is InChI=1S/C20H28N2O5/c1-5-7-8-11-27-15-10-9-14(12-16(15)25-4)18-17(19(23)26-6-2)13(3)21-20(24)22-18/h9-10,12,18H,5-8,11H2,1-4H3,(H2,21,22,24). The first kappa shape index (κ1) is 20.6. The van der Waals surface area contributed by atoms with Crippen molar-refractivity contribution in [1.82, 2.24) is 10.6 Å². The van der Waals surface area contributed by atoms with Crippen LogP contribution < -0.4 is 20.1 Å². The molecule has 1 aliphatic rings. The smallest absolute Gasteiger partial charge is 0.338 e. The molecule has 2 rings (SSSR count). The second kappa shape index (κ2) is 9.85. The fourth-order valence-electron chi connectivity index (χ4n) is 2.94. The third kappa shape index (κ3) is 5.15. The second-order valence-electron chi connectivity index (χ2n) is 6.26. The van der Waals surface area contributed by atoms with Gasteiger partial charge in [-0.3, -0.25) is 0 Å². The van der Waals surface area contributed by atoms with Crippen molar-refractivity contribution in [2.24, 2.45) is 0 Å². The Hall–Kier alpha value is -2.70. The first-order chi connectivity index (χ1) is 13.0. The molecular weight excluding hydrogens is 348 g/mol. The van der Waals surface area contributed by atoms with Gasteiger partial charge in [-0.15, -0.1) is 0 Å². The number of hydrogen-bond acceptors (Lipinski definition) is 5. The first-order valence-electron chi connectivity index (χ1n) is 9.27. The molecule has 1 aliphatic heterocycles. The zero-order chi connectivity index (χ0) is 19.8. The fourth-order valence-corrected chi connectivity index (χ4v) is 2.94. The molecule has 1 unspecified atom stereocenters. The van der Waals surface area contributed by atoms with E-state index in [9.17, 15) is 9.59 Å². The van der Waals surface area contributed by atoms with E-state index in [2.05, 4.69) is 17.6 Å². The molecule has 1 aromatic rings. The SMILES string of the molecule is CCCCCOc1ccc(C2NC(=O)NC(C)=C2C(=O)OCC)cc1OC. The molecule has 27 heavy (non-hydrogen) atoms. The van der Waals surface area contributed by atoms with Crippen LogP contribution in [0, 0.1) is 0 Å². The lowest BCUT2D eigenvalue weighted by Gasteiger charge is -2.28. The molecular formula is C20H28N2O5. The lowest BCUT2D eigenvalue weighted by Crippen LogP contribution is -2.45. The molecule has 1 atom stereocenters. The highest BCUT2D eigenvalue weighted by atomic mass is 16.5. The molecule has 0 spiro atoms. The summed E-state index contributed by atoms with van der Waals surface area (Å²) in [6.07, 6.45) is 3.20. The van der Waals surface area contributed by atoms with Gasteiger partial charge in [0.05, 0.1) is 31.9 Å². The molecule has 0 saturated heterocycles. The fraction of sp³-hybridized carbons (Fsp3) is 0.500. The molecule has 2 amide bonds. The van der Waals surface area contributed by atoms with E-state index >= 15 is 0 Å². The Labute approximate surface area is 160 Å². The van der Waals surface area contributed by atoms with Crippen molar-refractivity contribution in [3.63, 3.8) is 0 Å². The Kier molecular flexibility index (Phi) is 7.52. The second-order valence-corrected chi connectivity index (χ2v) is 6.26. The van der Waals surface area contributed by atoms with Crippen LogP contribution in [0.15, 0.2) is 29.5 Å². The third-order valence-electron chi connectivity index (χ3n) is 4.29. The predicted molar refractivity (Wildman–Crippen MR) is 102 cm³/mol. The minimum Gasteiger partial charge on any atom is -0.493 e. The highest BCUT2D eigenvalue weighted by Crippen LogP contribution is 2.34. The number of benzene rings is 1. The van der Waals surface area contributed by atoms with Crippen LogP contribution in [0.5, 0.6) is 11.5 Å². The van der Waals surface area contributed by atoms with Gasteiger partial charge in [0.2, 0.25) is 0 Å². The largest absolute Gasteiger partial charge is 0.493 e. The van der Waals surface area contributed by atoms with Gasteiger partial charge in [0.1, 0.15) is 0 Å². The number of methoxy groups -OCH3 is 1. The molecule has 148 valence electrons. The normalized spacial score (nSPS) is 16.4. The molecule has 7 heteroatoms. The zero-order valence-corrected chi connectivity index (χ0v) is 16.4. The Morgan fingerprint density at radius 1 is 1.19 bits per heavy atom. The number of urea groups is 1. The van der Waals surface area contributed by atoms with Crippen LogP contribution in [0.2, 0.25) is 0 Å². The lowest BCUT2D eigenvalue weighted by molar-refractivity contribution is -0.139. The molecule has 2 N–H and O–H groups in total. The van der Waals surface area contributed by atoms with Crippen molar-refractivity contribution < 1.29 is 23.8 Å². The minimum absolute atomic E-state index is 0.254. The third-order valence-corrected chi connectivity index (χ3v) is 4.29. The van der Waals surface area contributed by atoms with E-state index in [4.69, 9.17) is 14.2 Å². The number of hydrogen-bond donors (Lipinski definition) is 2. The number of ether oxygens (including phenoxy) is 3. The van der Waals surface area contributed by atoms with E-state index in [1.54, 1.807) is 33.1 Å². The highest BCUT2D eigenvalue weighted by molar-refractivity contribution is 5.95. The van der Waals surface area contributed by atoms with Crippen molar-refractivity contribution in [2.45, 2.75) is 46.1 Å². The van der Waals surface area contributed by atoms with E-state index < -0.39 is 12.0 Å². The maximum atomic E-state index is 12.4. The summed E-state index contributed by atoms with van der Waals surface area (Å²) in [6.45, 7) is 6.43. The van der Waals surface area contributed by atoms with Gasteiger partial charge < -0.3 is 24.8 Å². The van der Waals surface area contributed by atoms with Gasteiger partial charge in [-0.05, 0) is 38.0 Å². The summed E-state index contributed by atoms with van der Waals surface area (Å²) in [5, 5.41) is 5.40. The summed E-state index contributed by atoms with van der Waals surface area (Å²) < 4.78 is 16.4. The van der Waals surface area contributed by atoms with Crippen LogP contribution in [0.1, 0.15) is 51.6 Å². The maximum absolute atomic E-state index is 12.4. The zero-order valence-electron chi connectivity index (χ0n) is 16.4. The van der Waals surface area contributed by atoms with Gasteiger partial charge in [0, 0.05) is 5.70 Å². The molecule has 0 aromatic heterocycles. The van der Waals surface area contributed by atoms with Gasteiger partial charge in [-0.1, -0.05) is 25.8 Å². The summed E-state index contributed by atoms with van der Waals surface area (Å²) in [7, 11) is 1.56. The Morgan fingerprint density at radius 2 is 1.96 bits per heavy atom. The minimum atomic E-state index is -0.624. The van der Waals surface area contributed by atoms with E-state index in [0.29, 0.717) is 34.9 Å². The number of nitrogens with one attached hydrogen (secondary N) is 2. The quantitative estimate of drug-likeness (QED) is 0.509.